The molecule has 23 heavy (non-hydrogen) atoms. The van der Waals surface area contributed by atoms with Crippen LogP contribution in [-0.4, -0.2) is 35.5 Å². The number of nitrogens with one attached hydrogen (secondary N) is 2. The average molecular weight is 347 g/mol. The van der Waals surface area contributed by atoms with Gasteiger partial charge in [0.1, 0.15) is 5.01 Å². The summed E-state index contributed by atoms with van der Waals surface area (Å²) in [7, 11) is 1.81. The third-order valence-electron chi connectivity index (χ3n) is 3.75. The second kappa shape index (κ2) is 8.36. The van der Waals surface area contributed by atoms with Crippen LogP contribution in [0.25, 0.3) is 10.6 Å². The van der Waals surface area contributed by atoms with Crippen molar-refractivity contribution < 1.29 is 0 Å². The number of thioether (sulfide) groups is 1. The predicted molar refractivity (Wildman–Crippen MR) is 101 cm³/mol. The van der Waals surface area contributed by atoms with E-state index in [4.69, 9.17) is 4.98 Å². The minimum Gasteiger partial charge on any atom is -0.355 e. The van der Waals surface area contributed by atoms with Gasteiger partial charge in [-0.3, -0.25) is 4.99 Å². The van der Waals surface area contributed by atoms with E-state index in [0.29, 0.717) is 6.54 Å². The second-order valence-electron chi connectivity index (χ2n) is 5.45. The van der Waals surface area contributed by atoms with Crippen LogP contribution in [0.3, 0.4) is 0 Å². The van der Waals surface area contributed by atoms with Crippen molar-refractivity contribution in [1.82, 2.24) is 15.6 Å². The van der Waals surface area contributed by atoms with Gasteiger partial charge in [-0.2, -0.15) is 11.8 Å². The highest BCUT2D eigenvalue weighted by molar-refractivity contribution is 8.00. The van der Waals surface area contributed by atoms with Gasteiger partial charge in [-0.05, 0) is 18.6 Å². The van der Waals surface area contributed by atoms with Crippen molar-refractivity contribution in [3.8, 4) is 10.6 Å². The Morgan fingerprint density at radius 2 is 2.17 bits per heavy atom. The summed E-state index contributed by atoms with van der Waals surface area (Å²) in [5, 5.41) is 10.7. The summed E-state index contributed by atoms with van der Waals surface area (Å²) in [6, 6.07) is 10.3. The molecule has 1 fully saturated rings. The maximum Gasteiger partial charge on any atom is 0.191 e. The highest BCUT2D eigenvalue weighted by Crippen LogP contribution is 2.25. The molecule has 1 unspecified atom stereocenters. The standard InChI is InChI=1S/C17H22N4S2/c1-18-17(20-11-15-8-5-9-22-15)19-10-14-12-23-16(21-14)13-6-3-2-4-7-13/h2-4,6-7,12,15H,5,8-11H2,1H3,(H2,18,19,20). The Morgan fingerprint density at radius 3 is 2.91 bits per heavy atom. The van der Waals surface area contributed by atoms with Crippen molar-refractivity contribution in [2.45, 2.75) is 24.6 Å². The Labute approximate surface area is 145 Å². The quantitative estimate of drug-likeness (QED) is 0.644. The van der Waals surface area contributed by atoms with E-state index in [9.17, 15) is 0 Å². The molecule has 2 heterocycles. The summed E-state index contributed by atoms with van der Waals surface area (Å²) in [5.74, 6) is 2.14. The SMILES string of the molecule is CN=C(NCc1csc(-c2ccccc2)n1)NCC1CCCS1. The minimum atomic E-state index is 0.695. The molecule has 1 aliphatic heterocycles. The molecule has 0 saturated carbocycles. The first-order valence-electron chi connectivity index (χ1n) is 7.91. The molecule has 1 aromatic carbocycles. The summed E-state index contributed by atoms with van der Waals surface area (Å²) in [4.78, 5) is 8.98. The van der Waals surface area contributed by atoms with Crippen LogP contribution in [0.15, 0.2) is 40.7 Å². The van der Waals surface area contributed by atoms with Crippen LogP contribution < -0.4 is 10.6 Å². The number of aromatic nitrogens is 1. The van der Waals surface area contributed by atoms with Crippen molar-refractivity contribution in [2.75, 3.05) is 19.3 Å². The van der Waals surface area contributed by atoms with Crippen LogP contribution >= 0.6 is 23.1 Å². The molecule has 0 aliphatic carbocycles. The van der Waals surface area contributed by atoms with Crippen LogP contribution in [0.2, 0.25) is 0 Å². The fourth-order valence-corrected chi connectivity index (χ4v) is 4.54. The van der Waals surface area contributed by atoms with Gasteiger partial charge in [0.2, 0.25) is 0 Å². The maximum atomic E-state index is 4.69. The van der Waals surface area contributed by atoms with E-state index in [-0.39, 0.29) is 0 Å². The van der Waals surface area contributed by atoms with E-state index >= 15 is 0 Å². The Bertz CT molecular complexity index is 633. The van der Waals surface area contributed by atoms with E-state index in [2.05, 4.69) is 44.9 Å². The Hall–Kier alpha value is -1.53. The summed E-state index contributed by atoms with van der Waals surface area (Å²) in [5.41, 5.74) is 2.22. The van der Waals surface area contributed by atoms with E-state index < -0.39 is 0 Å². The van der Waals surface area contributed by atoms with Gasteiger partial charge in [0.25, 0.3) is 0 Å². The molecular weight excluding hydrogens is 324 g/mol. The number of nitrogens with zero attached hydrogens (tertiary/aromatic N) is 2. The van der Waals surface area contributed by atoms with Gasteiger partial charge in [0.05, 0.1) is 12.2 Å². The molecule has 0 radical (unpaired) electrons. The summed E-state index contributed by atoms with van der Waals surface area (Å²) < 4.78 is 0. The number of rotatable bonds is 5. The highest BCUT2D eigenvalue weighted by Gasteiger charge is 2.15. The highest BCUT2D eigenvalue weighted by atomic mass is 32.2. The maximum absolute atomic E-state index is 4.69. The van der Waals surface area contributed by atoms with E-state index in [1.807, 2.05) is 25.2 Å². The largest absolute Gasteiger partial charge is 0.355 e. The monoisotopic (exact) mass is 346 g/mol. The Morgan fingerprint density at radius 1 is 1.30 bits per heavy atom. The molecule has 0 spiro atoms. The van der Waals surface area contributed by atoms with Crippen molar-refractivity contribution in [3.63, 3.8) is 0 Å². The van der Waals surface area contributed by atoms with Gasteiger partial charge in [0, 0.05) is 29.8 Å². The van der Waals surface area contributed by atoms with Crippen molar-refractivity contribution in [1.29, 1.82) is 0 Å². The fraction of sp³-hybridized carbons (Fsp3) is 0.412. The lowest BCUT2D eigenvalue weighted by Gasteiger charge is -2.14. The van der Waals surface area contributed by atoms with Gasteiger partial charge < -0.3 is 10.6 Å². The first kappa shape index (κ1) is 16.3. The topological polar surface area (TPSA) is 49.3 Å². The molecule has 2 N–H and O–H groups in total. The lowest BCUT2D eigenvalue weighted by atomic mass is 10.2. The van der Waals surface area contributed by atoms with Crippen LogP contribution in [0.5, 0.6) is 0 Å². The predicted octanol–water partition coefficient (Wildman–Crippen LogP) is 3.37. The van der Waals surface area contributed by atoms with Crippen molar-refractivity contribution in [3.05, 3.63) is 41.4 Å². The molecule has 1 aliphatic rings. The van der Waals surface area contributed by atoms with Crippen molar-refractivity contribution >= 4 is 29.1 Å². The lowest BCUT2D eigenvalue weighted by Crippen LogP contribution is -2.39. The molecule has 6 heteroatoms. The van der Waals surface area contributed by atoms with Crippen LogP contribution in [0.1, 0.15) is 18.5 Å². The summed E-state index contributed by atoms with van der Waals surface area (Å²) >= 11 is 3.74. The molecule has 0 amide bonds. The van der Waals surface area contributed by atoms with E-state index in [0.717, 1.165) is 28.5 Å². The lowest BCUT2D eigenvalue weighted by molar-refractivity contribution is 0.724. The molecule has 1 saturated heterocycles. The molecule has 4 nitrogen and oxygen atoms in total. The number of hydrogen-bond donors (Lipinski definition) is 2. The number of benzene rings is 1. The number of guanidine groups is 1. The zero-order valence-corrected chi connectivity index (χ0v) is 14.9. The van der Waals surface area contributed by atoms with E-state index in [1.165, 1.54) is 24.2 Å². The minimum absolute atomic E-state index is 0.695. The van der Waals surface area contributed by atoms with Crippen LogP contribution in [0, 0.1) is 0 Å². The average Bonchev–Trinajstić information content (AvgIpc) is 3.27. The third-order valence-corrected chi connectivity index (χ3v) is 6.09. The summed E-state index contributed by atoms with van der Waals surface area (Å²) in [6.45, 7) is 1.68. The second-order valence-corrected chi connectivity index (χ2v) is 7.72. The summed E-state index contributed by atoms with van der Waals surface area (Å²) in [6.07, 6.45) is 2.64. The fourth-order valence-electron chi connectivity index (χ4n) is 2.51. The molecule has 1 aromatic heterocycles. The van der Waals surface area contributed by atoms with Crippen LogP contribution in [-0.2, 0) is 6.54 Å². The number of thiazole rings is 1. The third kappa shape index (κ3) is 4.72. The normalized spacial score (nSPS) is 18.1. The zero-order chi connectivity index (χ0) is 15.9. The van der Waals surface area contributed by atoms with Gasteiger partial charge in [-0.25, -0.2) is 4.98 Å². The first-order chi connectivity index (χ1) is 11.3. The molecule has 3 rings (SSSR count). The molecular formula is C17H22N4S2. The molecule has 122 valence electrons. The van der Waals surface area contributed by atoms with Gasteiger partial charge >= 0.3 is 0 Å². The van der Waals surface area contributed by atoms with Gasteiger partial charge in [-0.15, -0.1) is 11.3 Å². The zero-order valence-electron chi connectivity index (χ0n) is 13.3. The van der Waals surface area contributed by atoms with Crippen molar-refractivity contribution in [2.24, 2.45) is 4.99 Å². The first-order valence-corrected chi connectivity index (χ1v) is 9.84. The van der Waals surface area contributed by atoms with Gasteiger partial charge in [-0.1, -0.05) is 30.3 Å². The number of hydrogen-bond acceptors (Lipinski definition) is 4. The van der Waals surface area contributed by atoms with Crippen LogP contribution in [0.4, 0.5) is 0 Å². The van der Waals surface area contributed by atoms with E-state index in [1.54, 1.807) is 11.3 Å². The molecule has 2 aromatic rings. The Kier molecular flexibility index (Phi) is 5.93. The van der Waals surface area contributed by atoms with Gasteiger partial charge in [0.15, 0.2) is 5.96 Å². The Balaban J connectivity index is 1.50. The number of aliphatic imine (C=N–C) groups is 1. The molecule has 0 bridgehead atoms. The smallest absolute Gasteiger partial charge is 0.191 e. The molecule has 1 atom stereocenters.